The summed E-state index contributed by atoms with van der Waals surface area (Å²) in [5, 5.41) is 13.6. The van der Waals surface area contributed by atoms with Crippen LogP contribution in [0.15, 0.2) is 0 Å². The van der Waals surface area contributed by atoms with Gasteiger partial charge in [0.15, 0.2) is 0 Å². The van der Waals surface area contributed by atoms with Crippen LogP contribution in [0.25, 0.3) is 0 Å². The van der Waals surface area contributed by atoms with E-state index in [4.69, 9.17) is 4.74 Å². The molecule has 2 fully saturated rings. The lowest BCUT2D eigenvalue weighted by Gasteiger charge is -2.35. The molecule has 0 bridgehead atoms. The predicted octanol–water partition coefficient (Wildman–Crippen LogP) is 2.47. The fourth-order valence-corrected chi connectivity index (χ4v) is 2.54. The highest BCUT2D eigenvalue weighted by atomic mass is 16.5. The maximum atomic E-state index is 10.2. The van der Waals surface area contributed by atoms with Gasteiger partial charge in [-0.3, -0.25) is 0 Å². The minimum atomic E-state index is -0.727. The van der Waals surface area contributed by atoms with E-state index in [1.807, 2.05) is 6.92 Å². The Bertz CT molecular complexity index is 262. The first-order valence-electron chi connectivity index (χ1n) is 7.44. The highest BCUT2D eigenvalue weighted by molar-refractivity contribution is 4.86. The van der Waals surface area contributed by atoms with E-state index in [-0.39, 0.29) is 0 Å². The molecule has 0 saturated heterocycles. The molecule has 2 N–H and O–H groups in total. The standard InChI is InChI=1S/C15H29NO2/c1-14(2)8-6-13(7-9-14)18-11-15(3,17)10-16-12-4-5-12/h12-13,16-17H,4-11H2,1-3H3. The Balaban J connectivity index is 1.64. The molecule has 0 aromatic carbocycles. The lowest BCUT2D eigenvalue weighted by Crippen LogP contribution is -2.44. The molecule has 1 unspecified atom stereocenters. The highest BCUT2D eigenvalue weighted by Gasteiger charge is 2.30. The zero-order valence-electron chi connectivity index (χ0n) is 12.2. The molecule has 3 nitrogen and oxygen atoms in total. The molecule has 0 amide bonds. The average molecular weight is 255 g/mol. The molecule has 106 valence electrons. The maximum absolute atomic E-state index is 10.2. The van der Waals surface area contributed by atoms with Crippen molar-refractivity contribution >= 4 is 0 Å². The van der Waals surface area contributed by atoms with Crippen molar-refractivity contribution in [2.24, 2.45) is 5.41 Å². The van der Waals surface area contributed by atoms with Crippen molar-refractivity contribution in [1.29, 1.82) is 0 Å². The zero-order chi connectivity index (χ0) is 13.2. The SMILES string of the molecule is CC1(C)CCC(OCC(C)(O)CNC2CC2)CC1. The second-order valence-corrected chi connectivity index (χ2v) is 7.33. The number of ether oxygens (including phenoxy) is 1. The topological polar surface area (TPSA) is 41.5 Å². The second kappa shape index (κ2) is 5.48. The molecule has 3 heteroatoms. The number of aliphatic hydroxyl groups is 1. The van der Waals surface area contributed by atoms with Gasteiger partial charge in [-0.1, -0.05) is 13.8 Å². The first-order valence-corrected chi connectivity index (χ1v) is 7.44. The summed E-state index contributed by atoms with van der Waals surface area (Å²) in [6.07, 6.45) is 7.62. The third-order valence-corrected chi connectivity index (χ3v) is 4.27. The van der Waals surface area contributed by atoms with Gasteiger partial charge in [-0.2, -0.15) is 0 Å². The number of hydrogen-bond acceptors (Lipinski definition) is 3. The van der Waals surface area contributed by atoms with Crippen molar-refractivity contribution in [1.82, 2.24) is 5.32 Å². The van der Waals surface area contributed by atoms with Crippen molar-refractivity contribution < 1.29 is 9.84 Å². The van der Waals surface area contributed by atoms with E-state index in [1.165, 1.54) is 25.7 Å². The number of hydrogen-bond donors (Lipinski definition) is 2. The zero-order valence-corrected chi connectivity index (χ0v) is 12.2. The number of rotatable bonds is 6. The smallest absolute Gasteiger partial charge is 0.0975 e. The molecule has 2 saturated carbocycles. The molecule has 2 aliphatic rings. The monoisotopic (exact) mass is 255 g/mol. The van der Waals surface area contributed by atoms with Crippen LogP contribution in [0, 0.1) is 5.41 Å². The first kappa shape index (κ1) is 14.3. The molecule has 18 heavy (non-hydrogen) atoms. The van der Waals surface area contributed by atoms with Crippen molar-refractivity contribution in [2.75, 3.05) is 13.2 Å². The van der Waals surface area contributed by atoms with Gasteiger partial charge in [0.1, 0.15) is 0 Å². The summed E-state index contributed by atoms with van der Waals surface area (Å²) in [4.78, 5) is 0. The Hall–Kier alpha value is -0.120. The van der Waals surface area contributed by atoms with Gasteiger partial charge >= 0.3 is 0 Å². The first-order chi connectivity index (χ1) is 8.36. The highest BCUT2D eigenvalue weighted by Crippen LogP contribution is 2.36. The lowest BCUT2D eigenvalue weighted by molar-refractivity contribution is -0.0779. The Kier molecular flexibility index (Phi) is 4.35. The Labute approximate surface area is 111 Å². The molecule has 0 radical (unpaired) electrons. The van der Waals surface area contributed by atoms with E-state index in [0.717, 1.165) is 12.8 Å². The fraction of sp³-hybridized carbons (Fsp3) is 1.00. The Morgan fingerprint density at radius 2 is 1.83 bits per heavy atom. The van der Waals surface area contributed by atoms with Gasteiger partial charge in [-0.25, -0.2) is 0 Å². The van der Waals surface area contributed by atoms with Crippen LogP contribution in [0.5, 0.6) is 0 Å². The summed E-state index contributed by atoms with van der Waals surface area (Å²) >= 11 is 0. The molecule has 2 aliphatic carbocycles. The molecule has 2 rings (SSSR count). The van der Waals surface area contributed by atoms with Crippen LogP contribution in [0.2, 0.25) is 0 Å². The largest absolute Gasteiger partial charge is 0.386 e. The van der Waals surface area contributed by atoms with Crippen LogP contribution in [0.3, 0.4) is 0 Å². The van der Waals surface area contributed by atoms with Crippen molar-refractivity contribution in [3.05, 3.63) is 0 Å². The number of nitrogens with one attached hydrogen (secondary N) is 1. The van der Waals surface area contributed by atoms with Gasteiger partial charge in [0.05, 0.1) is 18.3 Å². The molecule has 0 aromatic heterocycles. The van der Waals surface area contributed by atoms with E-state index in [9.17, 15) is 5.11 Å². The van der Waals surface area contributed by atoms with Crippen LogP contribution < -0.4 is 5.32 Å². The maximum Gasteiger partial charge on any atom is 0.0975 e. The second-order valence-electron chi connectivity index (χ2n) is 7.33. The van der Waals surface area contributed by atoms with Gasteiger partial charge in [0.2, 0.25) is 0 Å². The van der Waals surface area contributed by atoms with Crippen molar-refractivity contribution in [2.45, 2.75) is 77.0 Å². The molecule has 0 heterocycles. The van der Waals surface area contributed by atoms with E-state index in [2.05, 4.69) is 19.2 Å². The van der Waals surface area contributed by atoms with E-state index >= 15 is 0 Å². The molecule has 0 aromatic rings. The van der Waals surface area contributed by atoms with Gasteiger partial charge in [0.25, 0.3) is 0 Å². The molecule has 0 spiro atoms. The predicted molar refractivity (Wildman–Crippen MR) is 73.6 cm³/mol. The van der Waals surface area contributed by atoms with E-state index in [1.54, 1.807) is 0 Å². The molecule has 0 aliphatic heterocycles. The molecular weight excluding hydrogens is 226 g/mol. The third kappa shape index (κ3) is 4.87. The van der Waals surface area contributed by atoms with Gasteiger partial charge in [0, 0.05) is 12.6 Å². The van der Waals surface area contributed by atoms with Gasteiger partial charge < -0.3 is 15.2 Å². The molecule has 1 atom stereocenters. The minimum absolute atomic E-state index is 0.352. The summed E-state index contributed by atoms with van der Waals surface area (Å²) in [7, 11) is 0. The third-order valence-electron chi connectivity index (χ3n) is 4.27. The lowest BCUT2D eigenvalue weighted by atomic mass is 9.76. The quantitative estimate of drug-likeness (QED) is 0.766. The summed E-state index contributed by atoms with van der Waals surface area (Å²) in [5.74, 6) is 0. The minimum Gasteiger partial charge on any atom is -0.386 e. The van der Waals surface area contributed by atoms with E-state index in [0.29, 0.717) is 30.7 Å². The summed E-state index contributed by atoms with van der Waals surface area (Å²) < 4.78 is 5.90. The average Bonchev–Trinajstić information content (AvgIpc) is 3.09. The summed E-state index contributed by atoms with van der Waals surface area (Å²) in [5.41, 5.74) is -0.245. The molecular formula is C15H29NO2. The Morgan fingerprint density at radius 1 is 1.22 bits per heavy atom. The van der Waals surface area contributed by atoms with Crippen LogP contribution in [-0.4, -0.2) is 36.0 Å². The van der Waals surface area contributed by atoms with Gasteiger partial charge in [-0.15, -0.1) is 0 Å². The van der Waals surface area contributed by atoms with Crippen LogP contribution in [0.1, 0.15) is 59.3 Å². The van der Waals surface area contributed by atoms with Crippen LogP contribution in [0.4, 0.5) is 0 Å². The van der Waals surface area contributed by atoms with Crippen molar-refractivity contribution in [3.63, 3.8) is 0 Å². The van der Waals surface area contributed by atoms with E-state index < -0.39 is 5.60 Å². The Morgan fingerprint density at radius 3 is 2.39 bits per heavy atom. The van der Waals surface area contributed by atoms with Crippen LogP contribution in [-0.2, 0) is 4.74 Å². The normalized spacial score (nSPS) is 28.0. The summed E-state index contributed by atoms with van der Waals surface area (Å²) in [6, 6.07) is 0.645. The van der Waals surface area contributed by atoms with Crippen molar-refractivity contribution in [3.8, 4) is 0 Å². The summed E-state index contributed by atoms with van der Waals surface area (Å²) in [6.45, 7) is 7.64. The van der Waals surface area contributed by atoms with Gasteiger partial charge in [-0.05, 0) is 50.9 Å². The fourth-order valence-electron chi connectivity index (χ4n) is 2.54. The van der Waals surface area contributed by atoms with Crippen LogP contribution >= 0.6 is 0 Å².